The molecule has 21 heavy (non-hydrogen) atoms. The van der Waals surface area contributed by atoms with E-state index in [1.807, 2.05) is 43.3 Å². The van der Waals surface area contributed by atoms with E-state index in [-0.39, 0.29) is 6.04 Å². The van der Waals surface area contributed by atoms with Gasteiger partial charge in [0.2, 0.25) is 0 Å². The third-order valence-electron chi connectivity index (χ3n) is 3.46. The minimum absolute atomic E-state index is 0.0409. The maximum absolute atomic E-state index is 6.48. The summed E-state index contributed by atoms with van der Waals surface area (Å²) in [7, 11) is 1.63. The minimum Gasteiger partial charge on any atom is -0.497 e. The number of hydrogen-bond donors (Lipinski definition) is 1. The second-order valence-electron chi connectivity index (χ2n) is 4.86. The standard InChI is InChI=1S/C17H19Cl2NO/c1-4-20-17(14-7-5-6-11(2)16(14)19)13-9-8-12(21-3)10-15(13)18/h5-10,17,20H,4H2,1-3H3. The molecule has 2 rings (SSSR count). The van der Waals surface area contributed by atoms with Crippen molar-refractivity contribution in [2.24, 2.45) is 0 Å². The fourth-order valence-electron chi connectivity index (χ4n) is 2.35. The van der Waals surface area contributed by atoms with Crippen LogP contribution in [0.2, 0.25) is 10.0 Å². The smallest absolute Gasteiger partial charge is 0.120 e. The molecule has 112 valence electrons. The van der Waals surface area contributed by atoms with Crippen LogP contribution in [0, 0.1) is 6.92 Å². The molecule has 0 aliphatic heterocycles. The molecule has 0 amide bonds. The van der Waals surface area contributed by atoms with Gasteiger partial charge in [-0.1, -0.05) is 54.4 Å². The summed E-state index contributed by atoms with van der Waals surface area (Å²) in [6.07, 6.45) is 0. The fourth-order valence-corrected chi connectivity index (χ4v) is 2.87. The van der Waals surface area contributed by atoms with Gasteiger partial charge in [0.05, 0.1) is 13.2 Å². The third kappa shape index (κ3) is 3.52. The van der Waals surface area contributed by atoms with Crippen molar-refractivity contribution in [3.8, 4) is 5.75 Å². The first-order chi connectivity index (χ1) is 10.1. The van der Waals surface area contributed by atoms with Gasteiger partial charge in [-0.05, 0) is 42.3 Å². The van der Waals surface area contributed by atoms with E-state index >= 15 is 0 Å². The first-order valence-electron chi connectivity index (χ1n) is 6.90. The van der Waals surface area contributed by atoms with Crippen LogP contribution in [0.3, 0.4) is 0 Å². The van der Waals surface area contributed by atoms with Crippen molar-refractivity contribution < 1.29 is 4.74 Å². The molecule has 1 N–H and O–H groups in total. The molecule has 4 heteroatoms. The van der Waals surface area contributed by atoms with E-state index in [0.29, 0.717) is 5.02 Å². The lowest BCUT2D eigenvalue weighted by molar-refractivity contribution is 0.414. The Bertz CT molecular complexity index is 628. The van der Waals surface area contributed by atoms with Crippen LogP contribution < -0.4 is 10.1 Å². The van der Waals surface area contributed by atoms with E-state index in [2.05, 4.69) is 12.2 Å². The highest BCUT2D eigenvalue weighted by Gasteiger charge is 2.19. The number of rotatable bonds is 5. The Hall–Kier alpha value is -1.22. The van der Waals surface area contributed by atoms with Crippen molar-refractivity contribution in [2.75, 3.05) is 13.7 Å². The summed E-state index contributed by atoms with van der Waals surface area (Å²) in [5.74, 6) is 0.745. The lowest BCUT2D eigenvalue weighted by atomic mass is 9.97. The third-order valence-corrected chi connectivity index (χ3v) is 4.30. The Morgan fingerprint density at radius 1 is 1.14 bits per heavy atom. The summed E-state index contributed by atoms with van der Waals surface area (Å²) >= 11 is 12.9. The van der Waals surface area contributed by atoms with Gasteiger partial charge in [0.1, 0.15) is 5.75 Å². The van der Waals surface area contributed by atoms with Crippen LogP contribution in [-0.4, -0.2) is 13.7 Å². The number of aryl methyl sites for hydroxylation is 1. The van der Waals surface area contributed by atoms with E-state index in [0.717, 1.165) is 34.0 Å². The molecule has 0 aromatic heterocycles. The van der Waals surface area contributed by atoms with E-state index in [4.69, 9.17) is 27.9 Å². The molecule has 0 radical (unpaired) electrons. The van der Waals surface area contributed by atoms with Gasteiger partial charge in [-0.2, -0.15) is 0 Å². The molecule has 2 aromatic carbocycles. The molecule has 0 aliphatic rings. The van der Waals surface area contributed by atoms with Crippen LogP contribution >= 0.6 is 23.2 Å². The van der Waals surface area contributed by atoms with Gasteiger partial charge in [-0.25, -0.2) is 0 Å². The highest BCUT2D eigenvalue weighted by molar-refractivity contribution is 6.32. The van der Waals surface area contributed by atoms with Gasteiger partial charge >= 0.3 is 0 Å². The normalized spacial score (nSPS) is 12.2. The van der Waals surface area contributed by atoms with Crippen LogP contribution in [0.15, 0.2) is 36.4 Å². The largest absolute Gasteiger partial charge is 0.497 e. The van der Waals surface area contributed by atoms with Crippen LogP contribution in [-0.2, 0) is 0 Å². The van der Waals surface area contributed by atoms with Gasteiger partial charge < -0.3 is 10.1 Å². The summed E-state index contributed by atoms with van der Waals surface area (Å²) in [6, 6.07) is 11.7. The van der Waals surface area contributed by atoms with Crippen LogP contribution in [0.1, 0.15) is 29.7 Å². The first kappa shape index (κ1) is 16.2. The number of hydrogen-bond acceptors (Lipinski definition) is 2. The van der Waals surface area contributed by atoms with Gasteiger partial charge in [0.15, 0.2) is 0 Å². The van der Waals surface area contributed by atoms with Crippen LogP contribution in [0.25, 0.3) is 0 Å². The maximum atomic E-state index is 6.48. The van der Waals surface area contributed by atoms with Crippen molar-refractivity contribution in [3.63, 3.8) is 0 Å². The lowest BCUT2D eigenvalue weighted by Gasteiger charge is -2.22. The van der Waals surface area contributed by atoms with Crippen LogP contribution in [0.5, 0.6) is 5.75 Å². The van der Waals surface area contributed by atoms with Gasteiger partial charge in [-0.3, -0.25) is 0 Å². The van der Waals surface area contributed by atoms with Crippen molar-refractivity contribution in [2.45, 2.75) is 19.9 Å². The number of benzene rings is 2. The quantitative estimate of drug-likeness (QED) is 0.835. The second kappa shape index (κ2) is 7.17. The Morgan fingerprint density at radius 3 is 2.52 bits per heavy atom. The molecule has 0 fully saturated rings. The average molecular weight is 324 g/mol. The summed E-state index contributed by atoms with van der Waals surface area (Å²) in [6.45, 7) is 4.88. The van der Waals surface area contributed by atoms with Crippen molar-refractivity contribution in [3.05, 3.63) is 63.1 Å². The number of halogens is 2. The second-order valence-corrected chi connectivity index (χ2v) is 5.64. The van der Waals surface area contributed by atoms with E-state index < -0.39 is 0 Å². The monoisotopic (exact) mass is 323 g/mol. The van der Waals surface area contributed by atoms with E-state index in [9.17, 15) is 0 Å². The molecule has 2 nitrogen and oxygen atoms in total. The Kier molecular flexibility index (Phi) is 5.51. The Labute approximate surface area is 136 Å². The summed E-state index contributed by atoms with van der Waals surface area (Å²) in [5.41, 5.74) is 3.08. The maximum Gasteiger partial charge on any atom is 0.120 e. The summed E-state index contributed by atoms with van der Waals surface area (Å²) < 4.78 is 5.21. The fraction of sp³-hybridized carbons (Fsp3) is 0.294. The Morgan fingerprint density at radius 2 is 1.90 bits per heavy atom. The predicted octanol–water partition coefficient (Wildman–Crippen LogP) is 5.01. The van der Waals surface area contributed by atoms with Crippen molar-refractivity contribution in [1.82, 2.24) is 5.32 Å². The topological polar surface area (TPSA) is 21.3 Å². The molecule has 0 saturated heterocycles. The van der Waals surface area contributed by atoms with Crippen LogP contribution in [0.4, 0.5) is 0 Å². The average Bonchev–Trinajstić information content (AvgIpc) is 2.48. The molecule has 0 saturated carbocycles. The zero-order chi connectivity index (χ0) is 15.4. The Balaban J connectivity index is 2.51. The molecule has 1 atom stereocenters. The SMILES string of the molecule is CCNC(c1ccc(OC)cc1Cl)c1cccc(C)c1Cl. The predicted molar refractivity (Wildman–Crippen MR) is 89.7 cm³/mol. The molecule has 0 heterocycles. The zero-order valence-electron chi connectivity index (χ0n) is 12.4. The summed E-state index contributed by atoms with van der Waals surface area (Å²) in [5, 5.41) is 4.89. The molecule has 0 bridgehead atoms. The highest BCUT2D eigenvalue weighted by atomic mass is 35.5. The van der Waals surface area contributed by atoms with E-state index in [1.165, 1.54) is 0 Å². The van der Waals surface area contributed by atoms with Gasteiger partial charge in [-0.15, -0.1) is 0 Å². The molecule has 2 aromatic rings. The first-order valence-corrected chi connectivity index (χ1v) is 7.66. The van der Waals surface area contributed by atoms with Crippen molar-refractivity contribution >= 4 is 23.2 Å². The molecule has 0 aliphatic carbocycles. The molecule has 1 unspecified atom stereocenters. The highest BCUT2D eigenvalue weighted by Crippen LogP contribution is 2.35. The molecular formula is C17H19Cl2NO. The minimum atomic E-state index is -0.0409. The van der Waals surface area contributed by atoms with Gasteiger partial charge in [0.25, 0.3) is 0 Å². The lowest BCUT2D eigenvalue weighted by Crippen LogP contribution is -2.22. The summed E-state index contributed by atoms with van der Waals surface area (Å²) in [4.78, 5) is 0. The van der Waals surface area contributed by atoms with Crippen molar-refractivity contribution in [1.29, 1.82) is 0 Å². The number of methoxy groups -OCH3 is 1. The zero-order valence-corrected chi connectivity index (χ0v) is 13.9. The molecular weight excluding hydrogens is 305 g/mol. The van der Waals surface area contributed by atoms with E-state index in [1.54, 1.807) is 7.11 Å². The number of nitrogens with one attached hydrogen (secondary N) is 1. The molecule has 0 spiro atoms. The number of ether oxygens (including phenoxy) is 1. The van der Waals surface area contributed by atoms with Gasteiger partial charge in [0, 0.05) is 10.0 Å².